The molecule has 0 aliphatic carbocycles. The van der Waals surface area contributed by atoms with Gasteiger partial charge in [0.05, 0.1) is 25.5 Å². The van der Waals surface area contributed by atoms with Crippen molar-refractivity contribution in [2.45, 2.75) is 45.8 Å². The number of rotatable bonds is 10. The van der Waals surface area contributed by atoms with E-state index in [4.69, 9.17) is 4.74 Å². The highest BCUT2D eigenvalue weighted by atomic mass is 127. The molecular formula is C20H35IN4O3S. The second-order valence-electron chi connectivity index (χ2n) is 6.93. The summed E-state index contributed by atoms with van der Waals surface area (Å²) in [6.45, 7) is 7.56. The van der Waals surface area contributed by atoms with Crippen molar-refractivity contribution in [3.05, 3.63) is 35.9 Å². The van der Waals surface area contributed by atoms with Crippen LogP contribution in [-0.2, 0) is 21.4 Å². The average Bonchev–Trinajstić information content (AvgIpc) is 2.69. The number of aliphatic imine (C=N–C) groups is 1. The van der Waals surface area contributed by atoms with Crippen LogP contribution in [0.1, 0.15) is 38.7 Å². The quantitative estimate of drug-likeness (QED) is 0.207. The first-order valence-electron chi connectivity index (χ1n) is 10.2. The van der Waals surface area contributed by atoms with Gasteiger partial charge in [-0.3, -0.25) is 4.99 Å². The summed E-state index contributed by atoms with van der Waals surface area (Å²) in [5, 5.41) is 6.68. The van der Waals surface area contributed by atoms with E-state index in [2.05, 4.69) is 15.6 Å². The largest absolute Gasteiger partial charge is 0.375 e. The lowest BCUT2D eigenvalue weighted by Crippen LogP contribution is -2.50. The fraction of sp³-hybridized carbons (Fsp3) is 0.650. The van der Waals surface area contributed by atoms with E-state index in [-0.39, 0.29) is 35.8 Å². The number of hydrogen-bond donors (Lipinski definition) is 2. The first-order valence-corrected chi connectivity index (χ1v) is 11.8. The summed E-state index contributed by atoms with van der Waals surface area (Å²) in [6, 6.07) is 10.3. The standard InChI is InChI=1S/C20H34N4O3S.HI/c1-3-16-28(25,26)24-13-10-19(11-14-24)23-20(21-4-2)22-12-15-27-17-18-8-6-5-7-9-18;/h5-9,19H,3-4,10-17H2,1-2H3,(H2,21,22,23);1H. The van der Waals surface area contributed by atoms with Crippen LogP contribution in [0.5, 0.6) is 0 Å². The fourth-order valence-corrected chi connectivity index (χ4v) is 4.71. The Labute approximate surface area is 192 Å². The monoisotopic (exact) mass is 538 g/mol. The van der Waals surface area contributed by atoms with Crippen LogP contribution < -0.4 is 10.6 Å². The zero-order valence-electron chi connectivity index (χ0n) is 17.5. The Morgan fingerprint density at radius 2 is 1.90 bits per heavy atom. The van der Waals surface area contributed by atoms with Crippen molar-refractivity contribution in [1.82, 2.24) is 14.9 Å². The van der Waals surface area contributed by atoms with Gasteiger partial charge in [0.15, 0.2) is 5.96 Å². The van der Waals surface area contributed by atoms with E-state index in [0.717, 1.165) is 30.9 Å². The van der Waals surface area contributed by atoms with Crippen molar-refractivity contribution in [2.24, 2.45) is 4.99 Å². The van der Waals surface area contributed by atoms with Crippen molar-refractivity contribution >= 4 is 40.0 Å². The highest BCUT2D eigenvalue weighted by Crippen LogP contribution is 2.15. The van der Waals surface area contributed by atoms with Gasteiger partial charge in [-0.05, 0) is 31.7 Å². The summed E-state index contributed by atoms with van der Waals surface area (Å²) in [7, 11) is -3.10. The molecule has 0 amide bonds. The molecular weight excluding hydrogens is 503 g/mol. The number of nitrogens with zero attached hydrogens (tertiary/aromatic N) is 2. The van der Waals surface area contributed by atoms with Crippen LogP contribution in [0.25, 0.3) is 0 Å². The second-order valence-corrected chi connectivity index (χ2v) is 9.02. The molecule has 1 aliphatic rings. The lowest BCUT2D eigenvalue weighted by atomic mass is 10.1. The molecule has 1 aromatic carbocycles. The van der Waals surface area contributed by atoms with Gasteiger partial charge < -0.3 is 15.4 Å². The summed E-state index contributed by atoms with van der Waals surface area (Å²) in [5.74, 6) is 0.999. The molecule has 29 heavy (non-hydrogen) atoms. The number of sulfonamides is 1. The zero-order valence-corrected chi connectivity index (χ0v) is 20.6. The first-order chi connectivity index (χ1) is 13.5. The van der Waals surface area contributed by atoms with E-state index in [1.54, 1.807) is 4.31 Å². The molecule has 0 saturated carbocycles. The van der Waals surface area contributed by atoms with E-state index in [9.17, 15) is 8.42 Å². The molecule has 0 spiro atoms. The molecule has 1 saturated heterocycles. The van der Waals surface area contributed by atoms with Gasteiger partial charge in [-0.2, -0.15) is 0 Å². The molecule has 0 radical (unpaired) electrons. The maximum atomic E-state index is 12.2. The summed E-state index contributed by atoms with van der Waals surface area (Å²) >= 11 is 0. The van der Waals surface area contributed by atoms with Gasteiger partial charge in [-0.1, -0.05) is 37.3 Å². The highest BCUT2D eigenvalue weighted by Gasteiger charge is 2.27. The maximum Gasteiger partial charge on any atom is 0.214 e. The van der Waals surface area contributed by atoms with E-state index < -0.39 is 10.0 Å². The van der Waals surface area contributed by atoms with Crippen molar-refractivity contribution in [1.29, 1.82) is 0 Å². The Kier molecular flexibility index (Phi) is 12.8. The van der Waals surface area contributed by atoms with Gasteiger partial charge in [-0.25, -0.2) is 12.7 Å². The smallest absolute Gasteiger partial charge is 0.214 e. The van der Waals surface area contributed by atoms with Gasteiger partial charge in [0, 0.05) is 25.7 Å². The third kappa shape index (κ3) is 9.63. The minimum atomic E-state index is -3.10. The van der Waals surface area contributed by atoms with Crippen LogP contribution >= 0.6 is 24.0 Å². The Balaban J connectivity index is 0.00000420. The van der Waals surface area contributed by atoms with Gasteiger partial charge >= 0.3 is 0 Å². The minimum absolute atomic E-state index is 0. The van der Waals surface area contributed by atoms with Gasteiger partial charge in [0.1, 0.15) is 0 Å². The fourth-order valence-electron chi connectivity index (χ4n) is 3.16. The molecule has 0 atom stereocenters. The van der Waals surface area contributed by atoms with Gasteiger partial charge in [0.25, 0.3) is 0 Å². The molecule has 166 valence electrons. The van der Waals surface area contributed by atoms with Gasteiger partial charge in [-0.15, -0.1) is 24.0 Å². The molecule has 0 aromatic heterocycles. The SMILES string of the molecule is CCCS(=O)(=O)N1CCC(NC(=NCCOCc2ccccc2)NCC)CC1.I. The van der Waals surface area contributed by atoms with Crippen LogP contribution in [0, 0.1) is 0 Å². The van der Waals surface area contributed by atoms with Crippen LogP contribution in [0.3, 0.4) is 0 Å². The third-order valence-corrected chi connectivity index (χ3v) is 6.69. The summed E-state index contributed by atoms with van der Waals surface area (Å²) < 4.78 is 31.7. The lowest BCUT2D eigenvalue weighted by molar-refractivity contribution is 0.128. The van der Waals surface area contributed by atoms with Crippen molar-refractivity contribution < 1.29 is 13.2 Å². The van der Waals surface area contributed by atoms with Crippen molar-refractivity contribution in [3.8, 4) is 0 Å². The number of halogens is 1. The molecule has 2 rings (SSSR count). The molecule has 2 N–H and O–H groups in total. The van der Waals surface area contributed by atoms with Crippen LogP contribution in [-0.4, -0.2) is 63.3 Å². The number of hydrogen-bond acceptors (Lipinski definition) is 4. The van der Waals surface area contributed by atoms with Crippen LogP contribution in [0.4, 0.5) is 0 Å². The number of piperidine rings is 1. The predicted octanol–water partition coefficient (Wildman–Crippen LogP) is 2.58. The Morgan fingerprint density at radius 3 is 2.52 bits per heavy atom. The summed E-state index contributed by atoms with van der Waals surface area (Å²) in [6.07, 6.45) is 2.24. The summed E-state index contributed by atoms with van der Waals surface area (Å²) in [4.78, 5) is 4.57. The van der Waals surface area contributed by atoms with Gasteiger partial charge in [0.2, 0.25) is 10.0 Å². The lowest BCUT2D eigenvalue weighted by Gasteiger charge is -2.32. The number of nitrogens with one attached hydrogen (secondary N) is 2. The third-order valence-electron chi connectivity index (χ3n) is 4.61. The highest BCUT2D eigenvalue weighted by molar-refractivity contribution is 14.0. The number of benzene rings is 1. The molecule has 0 bridgehead atoms. The van der Waals surface area contributed by atoms with E-state index in [1.165, 1.54) is 0 Å². The normalized spacial score (nSPS) is 16.3. The zero-order chi connectivity index (χ0) is 20.2. The van der Waals surface area contributed by atoms with E-state index in [0.29, 0.717) is 39.3 Å². The van der Waals surface area contributed by atoms with E-state index in [1.807, 2.05) is 44.2 Å². The molecule has 1 aromatic rings. The average molecular weight is 538 g/mol. The number of ether oxygens (including phenoxy) is 1. The molecule has 9 heteroatoms. The van der Waals surface area contributed by atoms with E-state index >= 15 is 0 Å². The molecule has 1 fully saturated rings. The minimum Gasteiger partial charge on any atom is -0.375 e. The molecule has 1 heterocycles. The molecule has 0 unspecified atom stereocenters. The van der Waals surface area contributed by atoms with Crippen LogP contribution in [0.15, 0.2) is 35.3 Å². The Bertz CT molecular complexity index is 693. The second kappa shape index (κ2) is 14.2. The predicted molar refractivity (Wildman–Crippen MR) is 129 cm³/mol. The van der Waals surface area contributed by atoms with Crippen molar-refractivity contribution in [2.75, 3.05) is 38.5 Å². The maximum absolute atomic E-state index is 12.2. The summed E-state index contributed by atoms with van der Waals surface area (Å²) in [5.41, 5.74) is 1.15. The Morgan fingerprint density at radius 1 is 1.21 bits per heavy atom. The molecule has 7 nitrogen and oxygen atoms in total. The topological polar surface area (TPSA) is 83.0 Å². The van der Waals surface area contributed by atoms with Crippen molar-refractivity contribution in [3.63, 3.8) is 0 Å². The molecule has 1 aliphatic heterocycles. The first kappa shape index (κ1) is 26.1. The Hall–Kier alpha value is -0.910. The number of guanidine groups is 1. The van der Waals surface area contributed by atoms with Crippen LogP contribution in [0.2, 0.25) is 0 Å².